The van der Waals surface area contributed by atoms with Crippen LogP contribution in [0.15, 0.2) is 29.3 Å². The number of guanidine groups is 1. The van der Waals surface area contributed by atoms with Crippen molar-refractivity contribution < 1.29 is 9.47 Å². The highest BCUT2D eigenvalue weighted by Crippen LogP contribution is 2.14. The van der Waals surface area contributed by atoms with Crippen molar-refractivity contribution in [2.45, 2.75) is 39.7 Å². The minimum absolute atomic E-state index is 0.647. The molecular formula is C19H33N3O2. The van der Waals surface area contributed by atoms with Gasteiger partial charge in [-0.3, -0.25) is 0 Å². The normalized spacial score (nSPS) is 11.4. The molecule has 0 unspecified atom stereocenters. The highest BCUT2D eigenvalue weighted by atomic mass is 16.5. The van der Waals surface area contributed by atoms with Crippen molar-refractivity contribution in [2.75, 3.05) is 40.5 Å². The number of methoxy groups -OCH3 is 1. The average Bonchev–Trinajstić information content (AvgIpc) is 2.60. The Morgan fingerprint density at radius 2 is 2.04 bits per heavy atom. The van der Waals surface area contributed by atoms with Crippen molar-refractivity contribution >= 4 is 5.96 Å². The SMILES string of the molecule is CCCCN(C)C(=NCc1cccc(OCCCOC)c1)NCC. The van der Waals surface area contributed by atoms with Crippen LogP contribution in [-0.2, 0) is 11.3 Å². The van der Waals surface area contributed by atoms with Gasteiger partial charge in [-0.15, -0.1) is 0 Å². The first-order chi connectivity index (χ1) is 11.7. The van der Waals surface area contributed by atoms with Gasteiger partial charge in [-0.2, -0.15) is 0 Å². The van der Waals surface area contributed by atoms with Gasteiger partial charge in [-0.05, 0) is 31.0 Å². The molecule has 0 bridgehead atoms. The molecule has 5 heteroatoms. The van der Waals surface area contributed by atoms with E-state index in [0.717, 1.165) is 43.4 Å². The summed E-state index contributed by atoms with van der Waals surface area (Å²) in [5.41, 5.74) is 1.15. The van der Waals surface area contributed by atoms with Crippen LogP contribution in [0.1, 0.15) is 38.7 Å². The van der Waals surface area contributed by atoms with E-state index < -0.39 is 0 Å². The maximum absolute atomic E-state index is 5.75. The molecule has 5 nitrogen and oxygen atoms in total. The van der Waals surface area contributed by atoms with E-state index >= 15 is 0 Å². The lowest BCUT2D eigenvalue weighted by Gasteiger charge is -2.21. The summed E-state index contributed by atoms with van der Waals surface area (Å²) in [7, 11) is 3.80. The Balaban J connectivity index is 2.61. The minimum atomic E-state index is 0.647. The van der Waals surface area contributed by atoms with E-state index in [9.17, 15) is 0 Å². The molecule has 0 radical (unpaired) electrons. The minimum Gasteiger partial charge on any atom is -0.493 e. The van der Waals surface area contributed by atoms with Crippen molar-refractivity contribution in [2.24, 2.45) is 4.99 Å². The molecule has 0 aliphatic carbocycles. The molecule has 1 N–H and O–H groups in total. The van der Waals surface area contributed by atoms with Crippen molar-refractivity contribution in [3.8, 4) is 5.75 Å². The highest BCUT2D eigenvalue weighted by Gasteiger charge is 2.05. The fourth-order valence-corrected chi connectivity index (χ4v) is 2.26. The summed E-state index contributed by atoms with van der Waals surface area (Å²) < 4.78 is 10.8. The van der Waals surface area contributed by atoms with E-state index in [0.29, 0.717) is 13.2 Å². The summed E-state index contributed by atoms with van der Waals surface area (Å²) >= 11 is 0. The Labute approximate surface area is 147 Å². The number of nitrogens with one attached hydrogen (secondary N) is 1. The lowest BCUT2D eigenvalue weighted by molar-refractivity contribution is 0.172. The molecule has 136 valence electrons. The zero-order valence-electron chi connectivity index (χ0n) is 15.7. The molecule has 0 aliphatic heterocycles. The van der Waals surface area contributed by atoms with Gasteiger partial charge < -0.3 is 19.7 Å². The van der Waals surface area contributed by atoms with Crippen LogP contribution in [-0.4, -0.2) is 51.3 Å². The molecule has 0 fully saturated rings. The topological polar surface area (TPSA) is 46.1 Å². The monoisotopic (exact) mass is 335 g/mol. The van der Waals surface area contributed by atoms with Gasteiger partial charge in [0, 0.05) is 40.3 Å². The van der Waals surface area contributed by atoms with Gasteiger partial charge >= 0.3 is 0 Å². The summed E-state index contributed by atoms with van der Waals surface area (Å²) in [5.74, 6) is 1.85. The predicted octanol–water partition coefficient (Wildman–Crippen LogP) is 3.30. The standard InChI is InChI=1S/C19H33N3O2/c1-5-7-12-22(3)19(20-6-2)21-16-17-10-8-11-18(15-17)24-14-9-13-23-4/h8,10-11,15H,5-7,9,12-14,16H2,1-4H3,(H,20,21). The zero-order chi connectivity index (χ0) is 17.6. The summed E-state index contributed by atoms with van der Waals surface area (Å²) in [5, 5.41) is 3.36. The first kappa shape index (κ1) is 20.3. The Hall–Kier alpha value is -1.75. The molecule has 1 aromatic carbocycles. The third-order valence-corrected chi connectivity index (χ3v) is 3.61. The van der Waals surface area contributed by atoms with Crippen LogP contribution < -0.4 is 10.1 Å². The maximum Gasteiger partial charge on any atom is 0.193 e. The summed E-state index contributed by atoms with van der Waals surface area (Å²) in [4.78, 5) is 6.94. The zero-order valence-corrected chi connectivity index (χ0v) is 15.7. The predicted molar refractivity (Wildman–Crippen MR) is 101 cm³/mol. The molecule has 1 rings (SSSR count). The number of unbranched alkanes of at least 4 members (excludes halogenated alkanes) is 1. The second-order valence-corrected chi connectivity index (χ2v) is 5.79. The smallest absolute Gasteiger partial charge is 0.193 e. The molecule has 0 atom stereocenters. The molecule has 0 heterocycles. The quantitative estimate of drug-likeness (QED) is 0.383. The Morgan fingerprint density at radius 3 is 2.75 bits per heavy atom. The van der Waals surface area contributed by atoms with Crippen LogP contribution >= 0.6 is 0 Å². The van der Waals surface area contributed by atoms with Gasteiger partial charge in [0.05, 0.1) is 13.2 Å². The van der Waals surface area contributed by atoms with Gasteiger partial charge in [0.2, 0.25) is 0 Å². The molecule has 1 aromatic rings. The van der Waals surface area contributed by atoms with Crippen LogP contribution in [0.2, 0.25) is 0 Å². The van der Waals surface area contributed by atoms with Crippen LogP contribution in [0, 0.1) is 0 Å². The third-order valence-electron chi connectivity index (χ3n) is 3.61. The molecule has 0 saturated carbocycles. The van der Waals surface area contributed by atoms with Crippen molar-refractivity contribution in [3.05, 3.63) is 29.8 Å². The molecule has 0 saturated heterocycles. The first-order valence-electron chi connectivity index (χ1n) is 8.91. The van der Waals surface area contributed by atoms with Crippen LogP contribution in [0.25, 0.3) is 0 Å². The van der Waals surface area contributed by atoms with Crippen molar-refractivity contribution in [1.82, 2.24) is 10.2 Å². The molecule has 24 heavy (non-hydrogen) atoms. The van der Waals surface area contributed by atoms with E-state index in [2.05, 4.69) is 43.2 Å². The maximum atomic E-state index is 5.75. The van der Waals surface area contributed by atoms with Gasteiger partial charge in [-0.1, -0.05) is 25.5 Å². The second kappa shape index (κ2) is 12.6. The molecule has 0 spiro atoms. The summed E-state index contributed by atoms with van der Waals surface area (Å²) in [6.07, 6.45) is 3.25. The molecule has 0 amide bonds. The number of hydrogen-bond acceptors (Lipinski definition) is 3. The summed E-state index contributed by atoms with van der Waals surface area (Å²) in [6.45, 7) is 8.23. The third kappa shape index (κ3) is 8.20. The van der Waals surface area contributed by atoms with E-state index in [4.69, 9.17) is 14.5 Å². The van der Waals surface area contributed by atoms with Gasteiger partial charge in [0.15, 0.2) is 5.96 Å². The first-order valence-corrected chi connectivity index (χ1v) is 8.91. The average molecular weight is 335 g/mol. The number of benzene rings is 1. The highest BCUT2D eigenvalue weighted by molar-refractivity contribution is 5.79. The second-order valence-electron chi connectivity index (χ2n) is 5.79. The Bertz CT molecular complexity index is 477. The van der Waals surface area contributed by atoms with E-state index in [1.165, 1.54) is 12.8 Å². The van der Waals surface area contributed by atoms with E-state index in [-0.39, 0.29) is 0 Å². The number of ether oxygens (including phenoxy) is 2. The van der Waals surface area contributed by atoms with Crippen molar-refractivity contribution in [3.63, 3.8) is 0 Å². The lowest BCUT2D eigenvalue weighted by atomic mass is 10.2. The van der Waals surface area contributed by atoms with E-state index in [1.807, 2.05) is 12.1 Å². The lowest BCUT2D eigenvalue weighted by Crippen LogP contribution is -2.39. The number of rotatable bonds is 11. The molecule has 0 aliphatic rings. The van der Waals surface area contributed by atoms with Gasteiger partial charge in [0.25, 0.3) is 0 Å². The molecule has 0 aromatic heterocycles. The Morgan fingerprint density at radius 1 is 1.21 bits per heavy atom. The largest absolute Gasteiger partial charge is 0.493 e. The fourth-order valence-electron chi connectivity index (χ4n) is 2.26. The van der Waals surface area contributed by atoms with Crippen molar-refractivity contribution in [1.29, 1.82) is 0 Å². The Kier molecular flexibility index (Phi) is 10.7. The van der Waals surface area contributed by atoms with E-state index in [1.54, 1.807) is 7.11 Å². The number of hydrogen-bond donors (Lipinski definition) is 1. The van der Waals surface area contributed by atoms with Crippen LogP contribution in [0.4, 0.5) is 0 Å². The van der Waals surface area contributed by atoms with Gasteiger partial charge in [-0.25, -0.2) is 4.99 Å². The number of aliphatic imine (C=N–C) groups is 1. The fraction of sp³-hybridized carbons (Fsp3) is 0.632. The molecular weight excluding hydrogens is 302 g/mol. The van der Waals surface area contributed by atoms with Gasteiger partial charge in [0.1, 0.15) is 5.75 Å². The summed E-state index contributed by atoms with van der Waals surface area (Å²) in [6, 6.07) is 8.15. The number of nitrogens with zero attached hydrogens (tertiary/aromatic N) is 2. The van der Waals surface area contributed by atoms with Crippen LogP contribution in [0.5, 0.6) is 5.75 Å². The van der Waals surface area contributed by atoms with Crippen LogP contribution in [0.3, 0.4) is 0 Å².